The number of furan rings is 1. The highest BCUT2D eigenvalue weighted by molar-refractivity contribution is 5.95. The molecule has 0 radical (unpaired) electrons. The third kappa shape index (κ3) is 3.45. The van der Waals surface area contributed by atoms with E-state index in [0.717, 1.165) is 18.4 Å². The SMILES string of the molecule is Cc1cc(C(=O)NCCn2nc(-c3ccccc3)n(C3CC3)c2=O)c(C)o1. The lowest BCUT2D eigenvalue weighted by atomic mass is 10.2. The summed E-state index contributed by atoms with van der Waals surface area (Å²) in [5.41, 5.74) is 1.32. The van der Waals surface area contributed by atoms with Crippen LogP contribution < -0.4 is 11.0 Å². The number of hydrogen-bond donors (Lipinski definition) is 1. The normalized spacial score (nSPS) is 13.7. The van der Waals surface area contributed by atoms with Gasteiger partial charge in [-0.15, -0.1) is 5.10 Å². The minimum Gasteiger partial charge on any atom is -0.466 e. The lowest BCUT2D eigenvalue weighted by Crippen LogP contribution is -2.32. The fourth-order valence-electron chi connectivity index (χ4n) is 3.24. The Morgan fingerprint density at radius 3 is 2.63 bits per heavy atom. The zero-order chi connectivity index (χ0) is 19.0. The molecule has 4 rings (SSSR count). The van der Waals surface area contributed by atoms with Gasteiger partial charge in [-0.25, -0.2) is 9.48 Å². The van der Waals surface area contributed by atoms with Crippen molar-refractivity contribution in [2.75, 3.05) is 6.54 Å². The summed E-state index contributed by atoms with van der Waals surface area (Å²) in [6.45, 7) is 4.20. The standard InChI is InChI=1S/C20H22N4O3/c1-13-12-17(14(2)27-13)19(25)21-10-11-23-20(26)24(16-8-9-16)18(22-23)15-6-4-3-5-7-15/h3-7,12,16H,8-11H2,1-2H3,(H,21,25). The Morgan fingerprint density at radius 1 is 1.26 bits per heavy atom. The van der Waals surface area contributed by atoms with Gasteiger partial charge in [-0.1, -0.05) is 30.3 Å². The Kier molecular flexibility index (Phi) is 4.43. The van der Waals surface area contributed by atoms with Gasteiger partial charge in [-0.2, -0.15) is 0 Å². The molecule has 1 aliphatic rings. The fraction of sp³-hybridized carbons (Fsp3) is 0.350. The van der Waals surface area contributed by atoms with Crippen LogP contribution in [0.4, 0.5) is 0 Å². The molecule has 0 spiro atoms. The van der Waals surface area contributed by atoms with E-state index in [1.165, 1.54) is 4.68 Å². The smallest absolute Gasteiger partial charge is 0.346 e. The van der Waals surface area contributed by atoms with Crippen LogP contribution in [0.1, 0.15) is 40.8 Å². The van der Waals surface area contributed by atoms with Crippen LogP contribution in [0.3, 0.4) is 0 Å². The van der Waals surface area contributed by atoms with Crippen molar-refractivity contribution in [1.29, 1.82) is 0 Å². The number of carbonyl (C=O) groups is 1. The predicted octanol–water partition coefficient (Wildman–Crippen LogP) is 2.69. The van der Waals surface area contributed by atoms with Gasteiger partial charge >= 0.3 is 5.69 Å². The van der Waals surface area contributed by atoms with Crippen molar-refractivity contribution in [2.24, 2.45) is 0 Å². The predicted molar refractivity (Wildman–Crippen MR) is 101 cm³/mol. The van der Waals surface area contributed by atoms with Gasteiger partial charge in [-0.3, -0.25) is 9.36 Å². The lowest BCUT2D eigenvalue weighted by molar-refractivity contribution is 0.0950. The maximum absolute atomic E-state index is 12.8. The van der Waals surface area contributed by atoms with Crippen LogP contribution in [0.2, 0.25) is 0 Å². The monoisotopic (exact) mass is 366 g/mol. The Bertz CT molecular complexity index is 1030. The van der Waals surface area contributed by atoms with Gasteiger partial charge < -0.3 is 9.73 Å². The molecule has 3 aromatic rings. The highest BCUT2D eigenvalue weighted by Gasteiger charge is 2.30. The van der Waals surface area contributed by atoms with Crippen molar-refractivity contribution >= 4 is 5.91 Å². The van der Waals surface area contributed by atoms with Gasteiger partial charge in [0.05, 0.1) is 12.1 Å². The van der Waals surface area contributed by atoms with Crippen LogP contribution in [0.25, 0.3) is 11.4 Å². The van der Waals surface area contributed by atoms with E-state index in [-0.39, 0.29) is 17.6 Å². The summed E-state index contributed by atoms with van der Waals surface area (Å²) in [6.07, 6.45) is 2.00. The van der Waals surface area contributed by atoms with Crippen molar-refractivity contribution < 1.29 is 9.21 Å². The lowest BCUT2D eigenvalue weighted by Gasteiger charge is -2.03. The summed E-state index contributed by atoms with van der Waals surface area (Å²) in [5, 5.41) is 7.36. The van der Waals surface area contributed by atoms with E-state index >= 15 is 0 Å². The Balaban J connectivity index is 1.50. The van der Waals surface area contributed by atoms with Crippen LogP contribution in [0.5, 0.6) is 0 Å². The third-order valence-electron chi connectivity index (χ3n) is 4.71. The molecule has 1 fully saturated rings. The van der Waals surface area contributed by atoms with Gasteiger partial charge in [0.25, 0.3) is 5.91 Å². The molecule has 1 aliphatic carbocycles. The van der Waals surface area contributed by atoms with E-state index in [1.54, 1.807) is 24.5 Å². The molecular weight excluding hydrogens is 344 g/mol. The minimum absolute atomic E-state index is 0.124. The first kappa shape index (κ1) is 17.3. The zero-order valence-electron chi connectivity index (χ0n) is 15.4. The Labute approximate surface area is 156 Å². The number of aromatic nitrogens is 3. The van der Waals surface area contributed by atoms with Crippen LogP contribution in [0.15, 0.2) is 45.6 Å². The molecule has 7 heteroatoms. The molecule has 2 aromatic heterocycles. The first-order valence-electron chi connectivity index (χ1n) is 9.14. The van der Waals surface area contributed by atoms with E-state index in [0.29, 0.717) is 36.0 Å². The number of hydrogen-bond acceptors (Lipinski definition) is 4. The number of carbonyl (C=O) groups excluding carboxylic acids is 1. The van der Waals surface area contributed by atoms with Crippen molar-refractivity contribution in [2.45, 2.75) is 39.3 Å². The number of benzene rings is 1. The largest absolute Gasteiger partial charge is 0.466 e. The highest BCUT2D eigenvalue weighted by Crippen LogP contribution is 2.36. The van der Waals surface area contributed by atoms with Crippen molar-refractivity contribution in [3.63, 3.8) is 0 Å². The highest BCUT2D eigenvalue weighted by atomic mass is 16.3. The van der Waals surface area contributed by atoms with Crippen LogP contribution in [-0.2, 0) is 6.54 Å². The molecule has 27 heavy (non-hydrogen) atoms. The number of amides is 1. The van der Waals surface area contributed by atoms with Crippen molar-refractivity contribution in [3.05, 3.63) is 64.0 Å². The summed E-state index contributed by atoms with van der Waals surface area (Å²) in [6, 6.07) is 11.7. The Morgan fingerprint density at radius 2 is 2.00 bits per heavy atom. The molecule has 0 aliphatic heterocycles. The molecule has 1 aromatic carbocycles. The number of aryl methyl sites for hydroxylation is 2. The number of nitrogens with zero attached hydrogens (tertiary/aromatic N) is 3. The van der Waals surface area contributed by atoms with Gasteiger partial charge in [0.15, 0.2) is 5.82 Å². The Hall–Kier alpha value is -3.09. The molecule has 0 bridgehead atoms. The molecule has 1 saturated carbocycles. The van der Waals surface area contributed by atoms with Gasteiger partial charge in [0.2, 0.25) is 0 Å². The van der Waals surface area contributed by atoms with E-state index in [4.69, 9.17) is 4.42 Å². The molecule has 1 amide bonds. The van der Waals surface area contributed by atoms with Crippen LogP contribution >= 0.6 is 0 Å². The average molecular weight is 366 g/mol. The molecule has 0 atom stereocenters. The maximum atomic E-state index is 12.8. The molecule has 0 saturated heterocycles. The summed E-state index contributed by atoms with van der Waals surface area (Å²) < 4.78 is 8.61. The second-order valence-corrected chi connectivity index (χ2v) is 6.88. The molecule has 7 nitrogen and oxygen atoms in total. The van der Waals surface area contributed by atoms with E-state index < -0.39 is 0 Å². The topological polar surface area (TPSA) is 82.1 Å². The molecule has 2 heterocycles. The first-order valence-corrected chi connectivity index (χ1v) is 9.14. The molecule has 0 unspecified atom stereocenters. The van der Waals surface area contributed by atoms with Gasteiger partial charge in [0.1, 0.15) is 11.5 Å². The molecule has 140 valence electrons. The van der Waals surface area contributed by atoms with E-state index in [1.807, 2.05) is 30.3 Å². The van der Waals surface area contributed by atoms with Gasteiger partial charge in [0, 0.05) is 18.2 Å². The van der Waals surface area contributed by atoms with E-state index in [9.17, 15) is 9.59 Å². The van der Waals surface area contributed by atoms with Crippen molar-refractivity contribution in [3.8, 4) is 11.4 Å². The zero-order valence-corrected chi connectivity index (χ0v) is 15.4. The summed E-state index contributed by atoms with van der Waals surface area (Å²) in [4.78, 5) is 25.1. The summed E-state index contributed by atoms with van der Waals surface area (Å²) in [7, 11) is 0. The molecular formula is C20H22N4O3. The van der Waals surface area contributed by atoms with Gasteiger partial charge in [-0.05, 0) is 32.8 Å². The number of rotatable bonds is 6. The third-order valence-corrected chi connectivity index (χ3v) is 4.71. The van der Waals surface area contributed by atoms with Crippen molar-refractivity contribution in [1.82, 2.24) is 19.7 Å². The second-order valence-electron chi connectivity index (χ2n) is 6.88. The fourth-order valence-corrected chi connectivity index (χ4v) is 3.24. The maximum Gasteiger partial charge on any atom is 0.346 e. The van der Waals surface area contributed by atoms with E-state index in [2.05, 4.69) is 10.4 Å². The number of nitrogens with one attached hydrogen (secondary N) is 1. The minimum atomic E-state index is -0.206. The average Bonchev–Trinajstić information content (AvgIpc) is 3.36. The molecule has 1 N–H and O–H groups in total. The first-order chi connectivity index (χ1) is 13.0. The summed E-state index contributed by atoms with van der Waals surface area (Å²) >= 11 is 0. The van der Waals surface area contributed by atoms with Crippen LogP contribution in [0, 0.1) is 13.8 Å². The quantitative estimate of drug-likeness (QED) is 0.727. The summed E-state index contributed by atoms with van der Waals surface area (Å²) in [5.74, 6) is 1.77. The van der Waals surface area contributed by atoms with Crippen LogP contribution in [-0.4, -0.2) is 26.8 Å². The second kappa shape index (κ2) is 6.90.